The number of amides is 3. The van der Waals surface area contributed by atoms with E-state index >= 15 is 0 Å². The Morgan fingerprint density at radius 2 is 2.41 bits per heavy atom. The van der Waals surface area contributed by atoms with Crippen molar-refractivity contribution in [2.24, 2.45) is 5.73 Å². The van der Waals surface area contributed by atoms with Crippen LogP contribution in [0.5, 0.6) is 0 Å². The molecular formula is C14H24N6O2. The highest BCUT2D eigenvalue weighted by molar-refractivity contribution is 5.96. The minimum Gasteiger partial charge on any atom is -0.352 e. The van der Waals surface area contributed by atoms with Crippen LogP contribution in [0.4, 0.5) is 10.6 Å². The van der Waals surface area contributed by atoms with Gasteiger partial charge in [-0.05, 0) is 19.4 Å². The number of hydrogen-bond donors (Lipinski definition) is 4. The van der Waals surface area contributed by atoms with E-state index in [1.807, 2.05) is 17.8 Å². The Balaban J connectivity index is 1.94. The van der Waals surface area contributed by atoms with Crippen molar-refractivity contribution in [2.75, 3.05) is 18.4 Å². The van der Waals surface area contributed by atoms with E-state index < -0.39 is 12.1 Å². The molecule has 1 aromatic rings. The number of hydrogen-bond acceptors (Lipinski definition) is 4. The fourth-order valence-electron chi connectivity index (χ4n) is 2.54. The summed E-state index contributed by atoms with van der Waals surface area (Å²) < 4.78 is 1.86. The first-order valence-corrected chi connectivity index (χ1v) is 7.73. The van der Waals surface area contributed by atoms with Gasteiger partial charge >= 0.3 is 6.03 Å². The normalized spacial score (nSPS) is 18.9. The van der Waals surface area contributed by atoms with Crippen LogP contribution in [0.25, 0.3) is 0 Å². The molecule has 5 N–H and O–H groups in total. The molecule has 22 heavy (non-hydrogen) atoms. The van der Waals surface area contributed by atoms with Gasteiger partial charge in [0, 0.05) is 18.8 Å². The number of carbonyl (C=O) groups is 2. The molecule has 3 amide bonds. The number of urea groups is 1. The van der Waals surface area contributed by atoms with Crippen LogP contribution in [0, 0.1) is 0 Å². The van der Waals surface area contributed by atoms with Gasteiger partial charge in [-0.3, -0.25) is 9.48 Å². The van der Waals surface area contributed by atoms with E-state index in [-0.39, 0.29) is 5.91 Å². The summed E-state index contributed by atoms with van der Waals surface area (Å²) in [7, 11) is 0. The number of primary amides is 1. The lowest BCUT2D eigenvalue weighted by atomic mass is 10.1. The minimum absolute atomic E-state index is 0.290. The van der Waals surface area contributed by atoms with Crippen molar-refractivity contribution in [2.45, 2.75) is 44.7 Å². The molecule has 2 heterocycles. The molecule has 0 unspecified atom stereocenters. The first-order valence-electron chi connectivity index (χ1n) is 7.73. The van der Waals surface area contributed by atoms with Gasteiger partial charge in [-0.1, -0.05) is 19.8 Å². The number of nitrogens with one attached hydrogen (secondary N) is 3. The lowest BCUT2D eigenvalue weighted by molar-refractivity contribution is -0.118. The Morgan fingerprint density at radius 1 is 1.59 bits per heavy atom. The molecule has 8 heteroatoms. The Kier molecular flexibility index (Phi) is 5.76. The van der Waals surface area contributed by atoms with E-state index in [9.17, 15) is 9.59 Å². The average molecular weight is 308 g/mol. The zero-order valence-corrected chi connectivity index (χ0v) is 12.8. The fourth-order valence-corrected chi connectivity index (χ4v) is 2.54. The van der Waals surface area contributed by atoms with Crippen LogP contribution in [0.15, 0.2) is 12.3 Å². The highest BCUT2D eigenvalue weighted by Gasteiger charge is 2.21. The van der Waals surface area contributed by atoms with Crippen molar-refractivity contribution < 1.29 is 9.59 Å². The number of rotatable bonds is 7. The molecule has 0 spiro atoms. The molecule has 122 valence electrons. The third kappa shape index (κ3) is 4.45. The van der Waals surface area contributed by atoms with Crippen LogP contribution in [0.3, 0.4) is 0 Å². The molecule has 1 fully saturated rings. The monoisotopic (exact) mass is 308 g/mol. The second-order valence-corrected chi connectivity index (χ2v) is 5.52. The van der Waals surface area contributed by atoms with Gasteiger partial charge in [0.05, 0.1) is 6.04 Å². The Hall–Kier alpha value is -2.09. The molecule has 0 saturated carbocycles. The molecule has 1 aliphatic heterocycles. The molecule has 8 nitrogen and oxygen atoms in total. The van der Waals surface area contributed by atoms with Gasteiger partial charge in [0.25, 0.3) is 0 Å². The molecule has 2 atom stereocenters. The van der Waals surface area contributed by atoms with Crippen LogP contribution in [-0.2, 0) is 4.79 Å². The van der Waals surface area contributed by atoms with Crippen LogP contribution in [-0.4, -0.2) is 40.9 Å². The maximum Gasteiger partial charge on any atom is 0.312 e. The topological polar surface area (TPSA) is 114 Å². The van der Waals surface area contributed by atoms with Crippen molar-refractivity contribution in [3.8, 4) is 0 Å². The van der Waals surface area contributed by atoms with Gasteiger partial charge in [-0.15, -0.1) is 0 Å². The fraction of sp³-hybridized carbons (Fsp3) is 0.643. The molecule has 1 aliphatic rings. The molecule has 2 rings (SSSR count). The summed E-state index contributed by atoms with van der Waals surface area (Å²) in [4.78, 5) is 23.3. The number of nitrogens with two attached hydrogens (primary N) is 1. The van der Waals surface area contributed by atoms with Gasteiger partial charge in [0.2, 0.25) is 5.91 Å². The quantitative estimate of drug-likeness (QED) is 0.590. The highest BCUT2D eigenvalue weighted by atomic mass is 16.2. The number of nitrogens with zero attached hydrogens (tertiary/aromatic N) is 2. The van der Waals surface area contributed by atoms with Crippen molar-refractivity contribution in [1.82, 2.24) is 20.4 Å². The van der Waals surface area contributed by atoms with Gasteiger partial charge in [-0.2, -0.15) is 5.10 Å². The smallest absolute Gasteiger partial charge is 0.312 e. The SMILES string of the molecule is CCCC[C@H](NC(N)=O)C(=O)Nc1ccn([C@H]2CCNC2)n1. The lowest BCUT2D eigenvalue weighted by Crippen LogP contribution is -2.46. The predicted molar refractivity (Wildman–Crippen MR) is 83.4 cm³/mol. The number of carbonyl (C=O) groups excluding carboxylic acids is 2. The second-order valence-electron chi connectivity index (χ2n) is 5.52. The third-order valence-electron chi connectivity index (χ3n) is 3.75. The standard InChI is InChI=1S/C14H24N6O2/c1-2-3-4-11(17-14(15)22)13(21)18-12-6-8-20(19-12)10-5-7-16-9-10/h6,8,10-11,16H,2-5,7,9H2,1H3,(H3,15,17,22)(H,18,19,21)/t10-,11-/m0/s1. The summed E-state index contributed by atoms with van der Waals surface area (Å²) in [6.07, 6.45) is 5.21. The Labute approximate surface area is 129 Å². The number of anilines is 1. The van der Waals surface area contributed by atoms with Crippen LogP contribution in [0.1, 0.15) is 38.6 Å². The summed E-state index contributed by atoms with van der Waals surface area (Å²) in [5, 5.41) is 12.9. The number of unbranched alkanes of at least 4 members (excludes halogenated alkanes) is 1. The van der Waals surface area contributed by atoms with Crippen molar-refractivity contribution in [3.05, 3.63) is 12.3 Å². The van der Waals surface area contributed by atoms with Crippen molar-refractivity contribution in [1.29, 1.82) is 0 Å². The summed E-state index contributed by atoms with van der Waals surface area (Å²) >= 11 is 0. The molecule has 1 aromatic heterocycles. The van der Waals surface area contributed by atoms with Crippen LogP contribution >= 0.6 is 0 Å². The first-order chi connectivity index (χ1) is 10.6. The van der Waals surface area contributed by atoms with Gasteiger partial charge in [0.1, 0.15) is 6.04 Å². The largest absolute Gasteiger partial charge is 0.352 e. The molecule has 0 aliphatic carbocycles. The van der Waals surface area contributed by atoms with Crippen molar-refractivity contribution >= 4 is 17.8 Å². The van der Waals surface area contributed by atoms with E-state index in [4.69, 9.17) is 5.73 Å². The molecule has 0 radical (unpaired) electrons. The highest BCUT2D eigenvalue weighted by Crippen LogP contribution is 2.16. The zero-order valence-electron chi connectivity index (χ0n) is 12.8. The Morgan fingerprint density at radius 3 is 3.05 bits per heavy atom. The summed E-state index contributed by atoms with van der Waals surface area (Å²) in [6.45, 7) is 3.89. The third-order valence-corrected chi connectivity index (χ3v) is 3.75. The van der Waals surface area contributed by atoms with Gasteiger partial charge in [0.15, 0.2) is 5.82 Å². The van der Waals surface area contributed by atoms with Crippen LogP contribution in [0.2, 0.25) is 0 Å². The van der Waals surface area contributed by atoms with E-state index in [2.05, 4.69) is 21.0 Å². The first kappa shape index (κ1) is 16.3. The molecule has 0 bridgehead atoms. The summed E-state index contributed by atoms with van der Waals surface area (Å²) in [6, 6.07) is 0.761. The van der Waals surface area contributed by atoms with E-state index in [0.717, 1.165) is 32.4 Å². The maximum absolute atomic E-state index is 12.2. The Bertz CT molecular complexity index is 509. The average Bonchev–Trinajstić information content (AvgIpc) is 3.13. The summed E-state index contributed by atoms with van der Waals surface area (Å²) in [5.74, 6) is 0.201. The molecule has 1 saturated heterocycles. The minimum atomic E-state index is -0.696. The van der Waals surface area contributed by atoms with Gasteiger partial charge in [-0.25, -0.2) is 4.79 Å². The van der Waals surface area contributed by atoms with E-state index in [1.165, 1.54) is 0 Å². The lowest BCUT2D eigenvalue weighted by Gasteiger charge is -2.16. The molecular weight excluding hydrogens is 284 g/mol. The van der Waals surface area contributed by atoms with Gasteiger partial charge < -0.3 is 21.7 Å². The van der Waals surface area contributed by atoms with E-state index in [1.54, 1.807) is 6.07 Å². The second kappa shape index (κ2) is 7.79. The molecule has 0 aromatic carbocycles. The number of aromatic nitrogens is 2. The summed E-state index contributed by atoms with van der Waals surface area (Å²) in [5.41, 5.74) is 5.13. The predicted octanol–water partition coefficient (Wildman–Crippen LogP) is 0.583. The van der Waals surface area contributed by atoms with E-state index in [0.29, 0.717) is 18.3 Å². The van der Waals surface area contributed by atoms with Crippen molar-refractivity contribution in [3.63, 3.8) is 0 Å². The zero-order chi connectivity index (χ0) is 15.9. The van der Waals surface area contributed by atoms with Crippen LogP contribution < -0.4 is 21.7 Å². The maximum atomic E-state index is 12.2.